The van der Waals surface area contributed by atoms with Gasteiger partial charge in [0.2, 0.25) is 5.13 Å². The standard InChI is InChI=1S/C13H16ClN3O2S/c1-17(7-9(18)8-19-2)13-16-15-12(20-13)10-5-3-4-6-11(10)14/h3-6,9,18H,7-8H2,1-2H3. The summed E-state index contributed by atoms with van der Waals surface area (Å²) in [5, 5.41) is 20.1. The number of aliphatic hydroxyl groups is 1. The maximum absolute atomic E-state index is 9.72. The molecule has 7 heteroatoms. The fourth-order valence-electron chi connectivity index (χ4n) is 1.75. The van der Waals surface area contributed by atoms with Crippen LogP contribution >= 0.6 is 22.9 Å². The highest BCUT2D eigenvalue weighted by Crippen LogP contribution is 2.32. The first-order chi connectivity index (χ1) is 9.61. The monoisotopic (exact) mass is 313 g/mol. The third-order valence-corrected chi connectivity index (χ3v) is 4.09. The molecule has 0 aliphatic heterocycles. The summed E-state index contributed by atoms with van der Waals surface area (Å²) in [4.78, 5) is 1.85. The predicted molar refractivity (Wildman–Crippen MR) is 81.5 cm³/mol. The van der Waals surface area contributed by atoms with E-state index in [1.54, 1.807) is 7.11 Å². The van der Waals surface area contributed by atoms with Gasteiger partial charge >= 0.3 is 0 Å². The van der Waals surface area contributed by atoms with Crippen molar-refractivity contribution in [2.75, 3.05) is 32.2 Å². The van der Waals surface area contributed by atoms with Gasteiger partial charge in [-0.05, 0) is 6.07 Å². The third kappa shape index (κ3) is 3.67. The van der Waals surface area contributed by atoms with E-state index < -0.39 is 6.10 Å². The molecule has 1 unspecified atom stereocenters. The van der Waals surface area contributed by atoms with Gasteiger partial charge in [0, 0.05) is 26.3 Å². The average molecular weight is 314 g/mol. The number of likely N-dealkylation sites (N-methyl/N-ethyl adjacent to an activating group) is 1. The summed E-state index contributed by atoms with van der Waals surface area (Å²) in [6.45, 7) is 0.728. The van der Waals surface area contributed by atoms with Gasteiger partial charge in [-0.3, -0.25) is 0 Å². The number of aromatic nitrogens is 2. The minimum absolute atomic E-state index is 0.292. The molecule has 5 nitrogen and oxygen atoms in total. The highest BCUT2D eigenvalue weighted by Gasteiger charge is 2.15. The quantitative estimate of drug-likeness (QED) is 0.887. The molecule has 0 aliphatic carbocycles. The molecule has 2 rings (SSSR count). The van der Waals surface area contributed by atoms with E-state index >= 15 is 0 Å². The zero-order chi connectivity index (χ0) is 14.5. The smallest absolute Gasteiger partial charge is 0.208 e. The third-order valence-electron chi connectivity index (χ3n) is 2.69. The van der Waals surface area contributed by atoms with Gasteiger partial charge in [0.25, 0.3) is 0 Å². The van der Waals surface area contributed by atoms with E-state index in [2.05, 4.69) is 10.2 Å². The first-order valence-corrected chi connectivity index (χ1v) is 7.27. The number of rotatable bonds is 6. The molecule has 1 atom stereocenters. The van der Waals surface area contributed by atoms with Crippen LogP contribution in [0.5, 0.6) is 0 Å². The van der Waals surface area contributed by atoms with E-state index in [1.165, 1.54) is 11.3 Å². The maximum atomic E-state index is 9.72. The number of benzene rings is 1. The summed E-state index contributed by atoms with van der Waals surface area (Å²) in [5.41, 5.74) is 0.865. The van der Waals surface area contributed by atoms with Crippen LogP contribution < -0.4 is 4.90 Å². The topological polar surface area (TPSA) is 58.5 Å². The summed E-state index contributed by atoms with van der Waals surface area (Å²) in [7, 11) is 3.42. The molecule has 1 aromatic heterocycles. The second kappa shape index (κ2) is 6.99. The van der Waals surface area contributed by atoms with Crippen molar-refractivity contribution in [3.05, 3.63) is 29.3 Å². The Morgan fingerprint density at radius 2 is 2.15 bits per heavy atom. The first kappa shape index (κ1) is 15.2. The van der Waals surface area contributed by atoms with E-state index in [4.69, 9.17) is 16.3 Å². The molecule has 0 saturated carbocycles. The molecule has 0 aliphatic rings. The Bertz CT molecular complexity index is 564. The fourth-order valence-corrected chi connectivity index (χ4v) is 2.89. The Morgan fingerprint density at radius 3 is 2.85 bits per heavy atom. The summed E-state index contributed by atoms with van der Waals surface area (Å²) in [5.74, 6) is 0. The predicted octanol–water partition coefficient (Wildman–Crippen LogP) is 2.30. The largest absolute Gasteiger partial charge is 0.389 e. The van der Waals surface area contributed by atoms with E-state index in [1.807, 2.05) is 36.2 Å². The van der Waals surface area contributed by atoms with E-state index in [0.29, 0.717) is 18.2 Å². The van der Waals surface area contributed by atoms with Crippen LogP contribution in [0.2, 0.25) is 5.02 Å². The summed E-state index contributed by atoms with van der Waals surface area (Å²) in [6.07, 6.45) is -0.558. The molecular formula is C13H16ClN3O2S. The lowest BCUT2D eigenvalue weighted by Gasteiger charge is -2.18. The molecule has 0 spiro atoms. The van der Waals surface area contributed by atoms with Crippen LogP contribution in [0.1, 0.15) is 0 Å². The number of halogens is 1. The number of methoxy groups -OCH3 is 1. The van der Waals surface area contributed by atoms with E-state index in [0.717, 1.165) is 15.7 Å². The summed E-state index contributed by atoms with van der Waals surface area (Å²) in [6, 6.07) is 7.52. The lowest BCUT2D eigenvalue weighted by atomic mass is 10.2. The van der Waals surface area contributed by atoms with Crippen molar-refractivity contribution in [1.82, 2.24) is 10.2 Å². The number of hydrogen-bond acceptors (Lipinski definition) is 6. The van der Waals surface area contributed by atoms with Gasteiger partial charge in [0.05, 0.1) is 17.7 Å². The molecule has 1 aromatic carbocycles. The molecule has 20 heavy (non-hydrogen) atoms. The second-order valence-corrected chi connectivity index (χ2v) is 5.72. The van der Waals surface area contributed by atoms with Gasteiger partial charge in [-0.25, -0.2) is 0 Å². The summed E-state index contributed by atoms with van der Waals surface area (Å²) < 4.78 is 4.90. The van der Waals surface area contributed by atoms with Gasteiger partial charge in [-0.2, -0.15) is 0 Å². The Kier molecular flexibility index (Phi) is 5.31. The van der Waals surface area contributed by atoms with Crippen LogP contribution in [0, 0.1) is 0 Å². The molecule has 108 valence electrons. The van der Waals surface area contributed by atoms with Crippen LogP contribution in [-0.2, 0) is 4.74 Å². The number of ether oxygens (including phenoxy) is 1. The van der Waals surface area contributed by atoms with Crippen LogP contribution in [0.25, 0.3) is 10.6 Å². The normalized spacial score (nSPS) is 12.4. The minimum atomic E-state index is -0.558. The molecule has 0 fully saturated rings. The number of aliphatic hydroxyl groups excluding tert-OH is 1. The van der Waals surface area contributed by atoms with E-state index in [9.17, 15) is 5.11 Å². The van der Waals surface area contributed by atoms with Gasteiger partial charge in [0.15, 0.2) is 5.01 Å². The van der Waals surface area contributed by atoms with Crippen LogP contribution in [-0.4, -0.2) is 48.7 Å². The molecule has 1 heterocycles. The van der Waals surface area contributed by atoms with Crippen molar-refractivity contribution in [3.8, 4) is 10.6 Å². The highest BCUT2D eigenvalue weighted by molar-refractivity contribution is 7.18. The van der Waals surface area contributed by atoms with Gasteiger partial charge in [-0.15, -0.1) is 10.2 Å². The molecule has 0 bridgehead atoms. The number of anilines is 1. The zero-order valence-corrected chi connectivity index (χ0v) is 12.9. The molecule has 2 aromatic rings. The lowest BCUT2D eigenvalue weighted by molar-refractivity contribution is 0.0695. The molecule has 0 saturated heterocycles. The van der Waals surface area contributed by atoms with Gasteiger partial charge in [-0.1, -0.05) is 41.1 Å². The van der Waals surface area contributed by atoms with Gasteiger partial charge in [0.1, 0.15) is 0 Å². The van der Waals surface area contributed by atoms with Crippen molar-refractivity contribution >= 4 is 28.1 Å². The highest BCUT2D eigenvalue weighted by atomic mass is 35.5. The Hall–Kier alpha value is -1.21. The van der Waals surface area contributed by atoms with Gasteiger partial charge < -0.3 is 14.7 Å². The Balaban J connectivity index is 2.11. The minimum Gasteiger partial charge on any atom is -0.389 e. The zero-order valence-electron chi connectivity index (χ0n) is 11.3. The number of nitrogens with zero attached hydrogens (tertiary/aromatic N) is 3. The SMILES string of the molecule is COCC(O)CN(C)c1nnc(-c2ccccc2Cl)s1. The average Bonchev–Trinajstić information content (AvgIpc) is 2.89. The van der Waals surface area contributed by atoms with Crippen LogP contribution in [0.4, 0.5) is 5.13 Å². The Morgan fingerprint density at radius 1 is 1.40 bits per heavy atom. The lowest BCUT2D eigenvalue weighted by Crippen LogP contribution is -2.31. The fraction of sp³-hybridized carbons (Fsp3) is 0.385. The van der Waals surface area contributed by atoms with Crippen molar-refractivity contribution in [2.45, 2.75) is 6.10 Å². The number of hydrogen-bond donors (Lipinski definition) is 1. The Labute approximate surface area is 126 Å². The molecule has 0 radical (unpaired) electrons. The second-order valence-electron chi connectivity index (χ2n) is 4.36. The van der Waals surface area contributed by atoms with Crippen LogP contribution in [0.3, 0.4) is 0 Å². The molecular weight excluding hydrogens is 298 g/mol. The van der Waals surface area contributed by atoms with Crippen LogP contribution in [0.15, 0.2) is 24.3 Å². The molecule has 0 amide bonds. The van der Waals surface area contributed by atoms with Crippen molar-refractivity contribution < 1.29 is 9.84 Å². The van der Waals surface area contributed by atoms with E-state index in [-0.39, 0.29) is 0 Å². The summed E-state index contributed by atoms with van der Waals surface area (Å²) >= 11 is 7.58. The first-order valence-electron chi connectivity index (χ1n) is 6.08. The van der Waals surface area contributed by atoms with Crippen molar-refractivity contribution in [3.63, 3.8) is 0 Å². The van der Waals surface area contributed by atoms with Crippen molar-refractivity contribution in [1.29, 1.82) is 0 Å². The van der Waals surface area contributed by atoms with Crippen molar-refractivity contribution in [2.24, 2.45) is 0 Å². The maximum Gasteiger partial charge on any atom is 0.208 e. The molecule has 1 N–H and O–H groups in total.